The van der Waals surface area contributed by atoms with E-state index >= 15 is 0 Å². The third-order valence-electron chi connectivity index (χ3n) is 2.14. The van der Waals surface area contributed by atoms with Crippen molar-refractivity contribution in [2.75, 3.05) is 13.7 Å². The number of rotatable bonds is 4. The van der Waals surface area contributed by atoms with Crippen LogP contribution in [0.4, 0.5) is 0 Å². The van der Waals surface area contributed by atoms with Gasteiger partial charge in [0.1, 0.15) is 0 Å². The van der Waals surface area contributed by atoms with Gasteiger partial charge in [0.05, 0.1) is 19.3 Å². The fraction of sp³-hybridized carbons (Fsp3) is 0.364. The minimum absolute atomic E-state index is 0.0428. The highest BCUT2D eigenvalue weighted by Gasteiger charge is 2.11. The second-order valence-corrected chi connectivity index (χ2v) is 3.11. The molecule has 0 unspecified atom stereocenters. The Hall–Kier alpha value is -1.39. The SMILES string of the molecule is COC(=O)c1ccc(CO)cc1CCO. The predicted molar refractivity (Wildman–Crippen MR) is 54.5 cm³/mol. The van der Waals surface area contributed by atoms with Crippen LogP contribution in [0.3, 0.4) is 0 Å². The van der Waals surface area contributed by atoms with Crippen LogP contribution in [0.2, 0.25) is 0 Å². The van der Waals surface area contributed by atoms with Gasteiger partial charge in [-0.15, -0.1) is 0 Å². The van der Waals surface area contributed by atoms with Crippen molar-refractivity contribution in [2.45, 2.75) is 13.0 Å². The second-order valence-electron chi connectivity index (χ2n) is 3.11. The average Bonchev–Trinajstić information content (AvgIpc) is 2.28. The van der Waals surface area contributed by atoms with E-state index in [0.29, 0.717) is 23.1 Å². The summed E-state index contributed by atoms with van der Waals surface area (Å²) in [4.78, 5) is 11.3. The maximum Gasteiger partial charge on any atom is 0.338 e. The molecule has 0 spiro atoms. The Labute approximate surface area is 88.1 Å². The van der Waals surface area contributed by atoms with E-state index in [9.17, 15) is 4.79 Å². The maximum atomic E-state index is 11.3. The number of hydrogen-bond donors (Lipinski definition) is 2. The molecule has 1 rings (SSSR count). The molecule has 0 aliphatic rings. The number of hydrogen-bond acceptors (Lipinski definition) is 4. The molecule has 0 aliphatic heterocycles. The van der Waals surface area contributed by atoms with Crippen molar-refractivity contribution in [1.82, 2.24) is 0 Å². The van der Waals surface area contributed by atoms with Crippen molar-refractivity contribution in [2.24, 2.45) is 0 Å². The number of esters is 1. The highest BCUT2D eigenvalue weighted by Crippen LogP contribution is 2.14. The Balaban J connectivity index is 3.08. The van der Waals surface area contributed by atoms with Gasteiger partial charge in [0.15, 0.2) is 0 Å². The number of ether oxygens (including phenoxy) is 1. The molecule has 1 aromatic rings. The van der Waals surface area contributed by atoms with Gasteiger partial charge < -0.3 is 14.9 Å². The Morgan fingerprint density at radius 2 is 2.13 bits per heavy atom. The molecule has 0 heterocycles. The lowest BCUT2D eigenvalue weighted by molar-refractivity contribution is 0.0599. The Bertz CT molecular complexity index is 346. The Morgan fingerprint density at radius 3 is 2.67 bits per heavy atom. The van der Waals surface area contributed by atoms with Crippen molar-refractivity contribution >= 4 is 5.97 Å². The fourth-order valence-corrected chi connectivity index (χ4v) is 1.38. The largest absolute Gasteiger partial charge is 0.465 e. The third kappa shape index (κ3) is 2.78. The number of aliphatic hydroxyl groups is 2. The van der Waals surface area contributed by atoms with Crippen LogP contribution in [0.1, 0.15) is 21.5 Å². The molecule has 82 valence electrons. The Morgan fingerprint density at radius 1 is 1.40 bits per heavy atom. The molecule has 0 aromatic heterocycles. The molecule has 2 N–H and O–H groups in total. The zero-order chi connectivity index (χ0) is 11.3. The summed E-state index contributed by atoms with van der Waals surface area (Å²) in [6.45, 7) is -0.126. The number of carbonyl (C=O) groups is 1. The summed E-state index contributed by atoms with van der Waals surface area (Å²) < 4.78 is 4.61. The molecule has 0 amide bonds. The molecule has 1 aromatic carbocycles. The van der Waals surface area contributed by atoms with Gasteiger partial charge >= 0.3 is 5.97 Å². The van der Waals surface area contributed by atoms with E-state index in [-0.39, 0.29) is 13.2 Å². The van der Waals surface area contributed by atoms with Gasteiger partial charge in [-0.2, -0.15) is 0 Å². The van der Waals surface area contributed by atoms with Gasteiger partial charge in [-0.3, -0.25) is 0 Å². The van der Waals surface area contributed by atoms with E-state index in [1.807, 2.05) is 0 Å². The Kier molecular flexibility index (Phi) is 4.27. The molecular formula is C11H14O4. The molecule has 0 radical (unpaired) electrons. The van der Waals surface area contributed by atoms with Crippen molar-refractivity contribution in [1.29, 1.82) is 0 Å². The quantitative estimate of drug-likeness (QED) is 0.710. The molecule has 0 atom stereocenters. The first kappa shape index (κ1) is 11.7. The lowest BCUT2D eigenvalue weighted by Gasteiger charge is -2.08. The standard InChI is InChI=1S/C11H14O4/c1-15-11(14)10-3-2-8(7-13)6-9(10)4-5-12/h2-3,6,12-13H,4-5,7H2,1H3. The first-order valence-corrected chi connectivity index (χ1v) is 4.64. The maximum absolute atomic E-state index is 11.3. The topological polar surface area (TPSA) is 66.8 Å². The first-order valence-electron chi connectivity index (χ1n) is 4.64. The summed E-state index contributed by atoms with van der Waals surface area (Å²) in [5.74, 6) is -0.428. The number of carbonyl (C=O) groups excluding carboxylic acids is 1. The smallest absolute Gasteiger partial charge is 0.338 e. The van der Waals surface area contributed by atoms with Crippen LogP contribution in [0.25, 0.3) is 0 Å². The minimum atomic E-state index is -0.428. The zero-order valence-electron chi connectivity index (χ0n) is 8.56. The molecule has 4 heteroatoms. The van der Waals surface area contributed by atoms with Crippen LogP contribution in [0, 0.1) is 0 Å². The first-order chi connectivity index (χ1) is 7.22. The van der Waals surface area contributed by atoms with Crippen molar-refractivity contribution < 1.29 is 19.7 Å². The highest BCUT2D eigenvalue weighted by atomic mass is 16.5. The highest BCUT2D eigenvalue weighted by molar-refractivity contribution is 5.91. The van der Waals surface area contributed by atoms with E-state index in [4.69, 9.17) is 10.2 Å². The molecule has 15 heavy (non-hydrogen) atoms. The third-order valence-corrected chi connectivity index (χ3v) is 2.14. The second kappa shape index (κ2) is 5.48. The lowest BCUT2D eigenvalue weighted by Crippen LogP contribution is -2.07. The molecule has 0 aliphatic carbocycles. The average molecular weight is 210 g/mol. The summed E-state index contributed by atoms with van der Waals surface area (Å²) in [7, 11) is 1.31. The molecule has 0 bridgehead atoms. The molecule has 4 nitrogen and oxygen atoms in total. The summed E-state index contributed by atoms with van der Waals surface area (Å²) in [6, 6.07) is 4.96. The monoisotopic (exact) mass is 210 g/mol. The summed E-state index contributed by atoms with van der Waals surface area (Å²) >= 11 is 0. The van der Waals surface area contributed by atoms with Crippen LogP contribution in [-0.2, 0) is 17.8 Å². The van der Waals surface area contributed by atoms with E-state index in [0.717, 1.165) is 0 Å². The van der Waals surface area contributed by atoms with Crippen molar-refractivity contribution in [3.63, 3.8) is 0 Å². The van der Waals surface area contributed by atoms with Crippen LogP contribution in [0.5, 0.6) is 0 Å². The van der Waals surface area contributed by atoms with Gasteiger partial charge in [0.25, 0.3) is 0 Å². The van der Waals surface area contributed by atoms with Crippen LogP contribution >= 0.6 is 0 Å². The number of benzene rings is 1. The summed E-state index contributed by atoms with van der Waals surface area (Å²) in [6.07, 6.45) is 0.373. The molecule has 0 saturated heterocycles. The van der Waals surface area contributed by atoms with Gasteiger partial charge in [-0.1, -0.05) is 12.1 Å². The predicted octanol–water partition coefficient (Wildman–Crippen LogP) is 0.500. The van der Waals surface area contributed by atoms with Crippen molar-refractivity contribution in [3.05, 3.63) is 34.9 Å². The molecule has 0 saturated carbocycles. The van der Waals surface area contributed by atoms with Gasteiger partial charge in [0, 0.05) is 6.61 Å². The van der Waals surface area contributed by atoms with Gasteiger partial charge in [-0.25, -0.2) is 4.79 Å². The van der Waals surface area contributed by atoms with Gasteiger partial charge in [-0.05, 0) is 23.6 Å². The number of methoxy groups -OCH3 is 1. The van der Waals surface area contributed by atoms with E-state index < -0.39 is 5.97 Å². The fourth-order valence-electron chi connectivity index (χ4n) is 1.38. The van der Waals surface area contributed by atoms with E-state index in [1.165, 1.54) is 7.11 Å². The van der Waals surface area contributed by atoms with Crippen LogP contribution in [-0.4, -0.2) is 29.9 Å². The van der Waals surface area contributed by atoms with Gasteiger partial charge in [0.2, 0.25) is 0 Å². The lowest BCUT2D eigenvalue weighted by atomic mass is 10.0. The van der Waals surface area contributed by atoms with Crippen LogP contribution in [0.15, 0.2) is 18.2 Å². The van der Waals surface area contributed by atoms with E-state index in [2.05, 4.69) is 4.74 Å². The van der Waals surface area contributed by atoms with Crippen molar-refractivity contribution in [3.8, 4) is 0 Å². The normalized spacial score (nSPS) is 10.1. The summed E-state index contributed by atoms with van der Waals surface area (Å²) in [5, 5.41) is 17.8. The zero-order valence-corrected chi connectivity index (χ0v) is 8.56. The van der Waals surface area contributed by atoms with Crippen LogP contribution < -0.4 is 0 Å². The van der Waals surface area contributed by atoms with E-state index in [1.54, 1.807) is 18.2 Å². The number of aliphatic hydroxyl groups excluding tert-OH is 2. The molecular weight excluding hydrogens is 196 g/mol. The minimum Gasteiger partial charge on any atom is -0.465 e. The summed E-state index contributed by atoms with van der Waals surface area (Å²) in [5.41, 5.74) is 1.84. The molecule has 0 fully saturated rings.